The molecule has 0 atom stereocenters. The van der Waals surface area contributed by atoms with Crippen LogP contribution in [0.1, 0.15) is 0 Å². The Morgan fingerprint density at radius 2 is 2.38 bits per heavy atom. The predicted molar refractivity (Wildman–Crippen MR) is 55.4 cm³/mol. The van der Waals surface area contributed by atoms with Gasteiger partial charge in [0.05, 0.1) is 12.1 Å². The van der Waals surface area contributed by atoms with E-state index < -0.39 is 0 Å². The summed E-state index contributed by atoms with van der Waals surface area (Å²) in [5.41, 5.74) is -0.201. The van der Waals surface area contributed by atoms with Gasteiger partial charge < -0.3 is 4.57 Å². The van der Waals surface area contributed by atoms with Crippen LogP contribution < -0.4 is 15.2 Å². The van der Waals surface area contributed by atoms with E-state index >= 15 is 0 Å². The molecule has 1 heterocycles. The Balaban J connectivity index is 3.28. The minimum atomic E-state index is -0.316. The molecule has 0 saturated heterocycles. The van der Waals surface area contributed by atoms with Gasteiger partial charge in [-0.05, 0) is 22.0 Å². The van der Waals surface area contributed by atoms with Crippen molar-refractivity contribution in [3.05, 3.63) is 27.1 Å². The monoisotopic (exact) mass is 265 g/mol. The first-order valence-electron chi connectivity index (χ1n) is 3.28. The van der Waals surface area contributed by atoms with Crippen LogP contribution in [0.25, 0.3) is 0 Å². The Morgan fingerprint density at radius 3 is 2.92 bits per heavy atom. The maximum atomic E-state index is 11.4. The third kappa shape index (κ3) is 2.25. The van der Waals surface area contributed by atoms with Crippen molar-refractivity contribution in [2.75, 3.05) is 4.47 Å². The standard InChI is InChI=1S/C6H8BrN3O2S/c1-9-3-4(7)2-5(6(9)11)10(12)13-8/h2-3,12H,8H2,1H3. The molecule has 3 N–H and O–H groups in total. The highest BCUT2D eigenvalue weighted by molar-refractivity contribution is 9.10. The van der Waals surface area contributed by atoms with Crippen LogP contribution in [0.4, 0.5) is 5.69 Å². The van der Waals surface area contributed by atoms with Gasteiger partial charge in [-0.3, -0.25) is 15.1 Å². The van der Waals surface area contributed by atoms with Crippen molar-refractivity contribution >= 4 is 33.8 Å². The maximum Gasteiger partial charge on any atom is 0.277 e. The Morgan fingerprint density at radius 1 is 1.77 bits per heavy atom. The van der Waals surface area contributed by atoms with Crippen LogP contribution in [0.15, 0.2) is 21.5 Å². The molecular weight excluding hydrogens is 258 g/mol. The Bertz CT molecular complexity index is 367. The van der Waals surface area contributed by atoms with Gasteiger partial charge in [0.2, 0.25) is 0 Å². The van der Waals surface area contributed by atoms with Crippen molar-refractivity contribution in [3.8, 4) is 0 Å². The molecule has 0 fully saturated rings. The highest BCUT2D eigenvalue weighted by Gasteiger charge is 2.09. The summed E-state index contributed by atoms with van der Waals surface area (Å²) in [6, 6.07) is 1.49. The maximum absolute atomic E-state index is 11.4. The predicted octanol–water partition coefficient (Wildman–Crippen LogP) is 0.865. The van der Waals surface area contributed by atoms with E-state index in [4.69, 9.17) is 5.14 Å². The van der Waals surface area contributed by atoms with Gasteiger partial charge >= 0.3 is 0 Å². The topological polar surface area (TPSA) is 71.5 Å². The minimum absolute atomic E-state index is 0.115. The summed E-state index contributed by atoms with van der Waals surface area (Å²) in [5, 5.41) is 14.3. The molecule has 7 heteroatoms. The smallest absolute Gasteiger partial charge is 0.277 e. The second-order valence-corrected chi connectivity index (χ2v) is 3.81. The largest absolute Gasteiger partial charge is 0.316 e. The Labute approximate surface area is 87.5 Å². The lowest BCUT2D eigenvalue weighted by atomic mass is 10.4. The lowest BCUT2D eigenvalue weighted by Gasteiger charge is -2.12. The molecular formula is C6H8BrN3O2S. The Kier molecular flexibility index (Phi) is 3.37. The first-order valence-corrected chi connectivity index (χ1v) is 4.91. The highest BCUT2D eigenvalue weighted by atomic mass is 79.9. The van der Waals surface area contributed by atoms with Crippen molar-refractivity contribution in [2.45, 2.75) is 0 Å². The molecule has 0 spiro atoms. The second kappa shape index (κ2) is 4.14. The molecule has 0 saturated carbocycles. The average molecular weight is 266 g/mol. The van der Waals surface area contributed by atoms with Crippen LogP contribution >= 0.6 is 28.1 Å². The number of nitrogens with two attached hydrogens (primary N) is 1. The number of halogens is 1. The molecule has 5 nitrogen and oxygen atoms in total. The fourth-order valence-corrected chi connectivity index (χ4v) is 1.62. The van der Waals surface area contributed by atoms with E-state index in [0.29, 0.717) is 21.1 Å². The van der Waals surface area contributed by atoms with Crippen molar-refractivity contribution in [1.29, 1.82) is 0 Å². The number of hydrogen-bond donors (Lipinski definition) is 2. The molecule has 0 aliphatic rings. The van der Waals surface area contributed by atoms with Crippen LogP contribution in [0.2, 0.25) is 0 Å². The molecule has 72 valence electrons. The Hall–Kier alpha value is -0.500. The molecule has 1 rings (SSSR count). The number of anilines is 1. The summed E-state index contributed by atoms with van der Waals surface area (Å²) < 4.78 is 2.66. The molecule has 1 aromatic heterocycles. The summed E-state index contributed by atoms with van der Waals surface area (Å²) in [4.78, 5) is 11.4. The van der Waals surface area contributed by atoms with Crippen LogP contribution in [0.5, 0.6) is 0 Å². The lowest BCUT2D eigenvalue weighted by Crippen LogP contribution is -2.25. The number of hydrogen-bond acceptors (Lipinski definition) is 5. The first-order chi connectivity index (χ1) is 6.06. The van der Waals surface area contributed by atoms with Crippen LogP contribution in [0.3, 0.4) is 0 Å². The molecule has 0 aromatic carbocycles. The fourth-order valence-electron chi connectivity index (χ4n) is 0.848. The molecule has 1 aromatic rings. The van der Waals surface area contributed by atoms with Gasteiger partial charge in [-0.15, -0.1) is 0 Å². The number of pyridine rings is 1. The van der Waals surface area contributed by atoms with Gasteiger partial charge in [0, 0.05) is 17.7 Å². The second-order valence-electron chi connectivity index (χ2n) is 2.34. The molecule has 0 bridgehead atoms. The zero-order valence-electron chi connectivity index (χ0n) is 6.77. The number of rotatable bonds is 2. The van der Waals surface area contributed by atoms with E-state index in [2.05, 4.69) is 15.9 Å². The van der Waals surface area contributed by atoms with Crippen LogP contribution in [-0.4, -0.2) is 9.77 Å². The van der Waals surface area contributed by atoms with Crippen LogP contribution in [0, 0.1) is 0 Å². The molecule has 0 aliphatic carbocycles. The normalized spacial score (nSPS) is 10.2. The van der Waals surface area contributed by atoms with E-state index in [9.17, 15) is 10.0 Å². The fraction of sp³-hybridized carbons (Fsp3) is 0.167. The first kappa shape index (κ1) is 10.6. The van der Waals surface area contributed by atoms with Gasteiger partial charge in [0.1, 0.15) is 5.69 Å². The molecule has 0 aliphatic heterocycles. The highest BCUT2D eigenvalue weighted by Crippen LogP contribution is 2.16. The summed E-state index contributed by atoms with van der Waals surface area (Å²) in [6.07, 6.45) is 1.60. The van der Waals surface area contributed by atoms with Gasteiger partial charge in [-0.25, -0.2) is 0 Å². The number of aryl methyl sites for hydroxylation is 1. The quantitative estimate of drug-likeness (QED) is 0.613. The van der Waals surface area contributed by atoms with Crippen LogP contribution in [-0.2, 0) is 7.05 Å². The molecule has 13 heavy (non-hydrogen) atoms. The molecule has 0 unspecified atom stereocenters. The summed E-state index contributed by atoms with van der Waals surface area (Å²) in [6.45, 7) is 0. The summed E-state index contributed by atoms with van der Waals surface area (Å²) >= 11 is 3.76. The zero-order valence-corrected chi connectivity index (χ0v) is 9.17. The van der Waals surface area contributed by atoms with E-state index in [-0.39, 0.29) is 11.2 Å². The third-order valence-electron chi connectivity index (χ3n) is 1.44. The summed E-state index contributed by atoms with van der Waals surface area (Å²) in [7, 11) is 1.59. The summed E-state index contributed by atoms with van der Waals surface area (Å²) in [5.74, 6) is 0. The van der Waals surface area contributed by atoms with Gasteiger partial charge in [0.25, 0.3) is 5.56 Å². The van der Waals surface area contributed by atoms with Crippen molar-refractivity contribution in [2.24, 2.45) is 12.2 Å². The van der Waals surface area contributed by atoms with Crippen molar-refractivity contribution in [3.63, 3.8) is 0 Å². The van der Waals surface area contributed by atoms with Gasteiger partial charge in [0.15, 0.2) is 0 Å². The molecule has 0 radical (unpaired) electrons. The van der Waals surface area contributed by atoms with Gasteiger partial charge in [-0.2, -0.15) is 4.47 Å². The molecule has 0 amide bonds. The van der Waals surface area contributed by atoms with E-state index in [0.717, 1.165) is 0 Å². The SMILES string of the molecule is Cn1cc(Br)cc(N(O)SN)c1=O. The van der Waals surface area contributed by atoms with Crippen molar-refractivity contribution < 1.29 is 5.21 Å². The van der Waals surface area contributed by atoms with E-state index in [1.165, 1.54) is 10.6 Å². The third-order valence-corrected chi connectivity index (χ3v) is 2.27. The number of nitrogens with zero attached hydrogens (tertiary/aromatic N) is 2. The van der Waals surface area contributed by atoms with E-state index in [1.54, 1.807) is 13.2 Å². The zero-order chi connectivity index (χ0) is 10.0. The average Bonchev–Trinajstić information content (AvgIpc) is 2.10. The van der Waals surface area contributed by atoms with Gasteiger partial charge in [-0.1, -0.05) is 0 Å². The van der Waals surface area contributed by atoms with Crippen molar-refractivity contribution in [1.82, 2.24) is 4.57 Å². The number of aromatic nitrogens is 1. The lowest BCUT2D eigenvalue weighted by molar-refractivity contribution is 0.330. The van der Waals surface area contributed by atoms with E-state index in [1.807, 2.05) is 0 Å². The minimum Gasteiger partial charge on any atom is -0.316 e.